The van der Waals surface area contributed by atoms with Crippen molar-refractivity contribution < 1.29 is 15.2 Å². The molecule has 1 aromatic carbocycles. The molecule has 0 fully saturated rings. The molecule has 1 rings (SSSR count). The maximum atomic E-state index is 11.7. The Kier molecular flexibility index (Phi) is 4.73. The summed E-state index contributed by atoms with van der Waals surface area (Å²) >= 11 is 0. The Morgan fingerprint density at radius 2 is 1.70 bits per heavy atom. The van der Waals surface area contributed by atoms with Crippen LogP contribution in [0.5, 0.6) is 0 Å². The number of hydrogen-bond acceptors (Lipinski definition) is 7. The zero-order chi connectivity index (χ0) is 15.5. The van der Waals surface area contributed by atoms with Gasteiger partial charge in [-0.15, -0.1) is 5.23 Å². The minimum atomic E-state index is -0.708. The molecule has 4 N–H and O–H groups in total. The summed E-state index contributed by atoms with van der Waals surface area (Å²) in [6.07, 6.45) is 0. The summed E-state index contributed by atoms with van der Waals surface area (Å²) in [5.74, 6) is 0. The lowest BCUT2D eigenvalue weighted by Gasteiger charge is -2.38. The third-order valence-electron chi connectivity index (χ3n) is 2.09. The SMILES string of the molecule is CC(C)(C)NC(=O)Nc1cc(N([O-])[O-])cc(N(O)O)c1. The molecule has 0 spiro atoms. The number of anilines is 3. The van der Waals surface area contributed by atoms with Crippen LogP contribution in [-0.4, -0.2) is 22.0 Å². The van der Waals surface area contributed by atoms with Crippen molar-refractivity contribution in [3.63, 3.8) is 0 Å². The summed E-state index contributed by atoms with van der Waals surface area (Å²) in [5, 5.41) is 43.3. The predicted octanol–water partition coefficient (Wildman–Crippen LogP) is 1.99. The van der Waals surface area contributed by atoms with Gasteiger partial charge in [-0.2, -0.15) is 0 Å². The Morgan fingerprint density at radius 3 is 2.15 bits per heavy atom. The van der Waals surface area contributed by atoms with Gasteiger partial charge in [0.15, 0.2) is 0 Å². The van der Waals surface area contributed by atoms with Crippen molar-refractivity contribution in [2.45, 2.75) is 26.3 Å². The molecule has 20 heavy (non-hydrogen) atoms. The molecule has 0 saturated carbocycles. The monoisotopic (exact) mass is 284 g/mol. The van der Waals surface area contributed by atoms with E-state index in [2.05, 4.69) is 10.6 Å². The van der Waals surface area contributed by atoms with E-state index in [-0.39, 0.29) is 22.3 Å². The third kappa shape index (κ3) is 4.90. The van der Waals surface area contributed by atoms with Crippen LogP contribution in [-0.2, 0) is 0 Å². The maximum absolute atomic E-state index is 11.7. The van der Waals surface area contributed by atoms with E-state index in [9.17, 15) is 15.2 Å². The van der Waals surface area contributed by atoms with Crippen molar-refractivity contribution in [2.24, 2.45) is 0 Å². The highest BCUT2D eigenvalue weighted by Gasteiger charge is 2.14. The Morgan fingerprint density at radius 1 is 1.15 bits per heavy atom. The van der Waals surface area contributed by atoms with Gasteiger partial charge in [-0.25, -0.2) is 4.79 Å². The molecule has 0 aliphatic carbocycles. The minimum Gasteiger partial charge on any atom is -0.769 e. The fraction of sp³-hybridized carbons (Fsp3) is 0.364. The van der Waals surface area contributed by atoms with Gasteiger partial charge in [0.25, 0.3) is 0 Å². The lowest BCUT2D eigenvalue weighted by molar-refractivity contribution is 0.0292. The Balaban J connectivity index is 2.97. The zero-order valence-electron chi connectivity index (χ0n) is 11.2. The average Bonchev–Trinajstić information content (AvgIpc) is 2.25. The molecule has 1 aromatic rings. The number of carbonyl (C=O) groups excluding carboxylic acids is 1. The Bertz CT molecular complexity index is 458. The second kappa shape index (κ2) is 5.92. The van der Waals surface area contributed by atoms with Crippen LogP contribution in [0, 0.1) is 10.4 Å². The number of rotatable bonds is 3. The van der Waals surface area contributed by atoms with Crippen LogP contribution < -0.4 is 21.1 Å². The van der Waals surface area contributed by atoms with Gasteiger partial charge in [0.05, 0.1) is 5.69 Å². The van der Waals surface area contributed by atoms with Crippen LogP contribution in [0.25, 0.3) is 0 Å². The molecule has 9 nitrogen and oxygen atoms in total. The number of carbonyl (C=O) groups is 1. The molecule has 0 aromatic heterocycles. The van der Waals surface area contributed by atoms with Crippen molar-refractivity contribution in [1.29, 1.82) is 0 Å². The predicted molar refractivity (Wildman–Crippen MR) is 73.6 cm³/mol. The van der Waals surface area contributed by atoms with Gasteiger partial charge in [-0.1, -0.05) is 0 Å². The topological polar surface area (TPSA) is 134 Å². The average molecular weight is 284 g/mol. The van der Waals surface area contributed by atoms with Crippen molar-refractivity contribution in [3.05, 3.63) is 28.6 Å². The number of hydrogen-bond donors (Lipinski definition) is 4. The molecular formula is C11H16N4O5-2. The van der Waals surface area contributed by atoms with Crippen molar-refractivity contribution in [2.75, 3.05) is 15.8 Å². The number of urea groups is 1. The summed E-state index contributed by atoms with van der Waals surface area (Å²) in [5.41, 5.74) is -1.05. The second-order valence-corrected chi connectivity index (χ2v) is 5.11. The number of benzene rings is 1. The van der Waals surface area contributed by atoms with Gasteiger partial charge >= 0.3 is 6.03 Å². The van der Waals surface area contributed by atoms with E-state index < -0.39 is 16.8 Å². The molecule has 9 heteroatoms. The van der Waals surface area contributed by atoms with E-state index >= 15 is 0 Å². The molecular weight excluding hydrogens is 268 g/mol. The number of amides is 2. The first-order chi connectivity index (χ1) is 9.08. The molecule has 0 radical (unpaired) electrons. The van der Waals surface area contributed by atoms with Crippen LogP contribution in [0.2, 0.25) is 0 Å². The quantitative estimate of drug-likeness (QED) is 0.623. The first kappa shape index (κ1) is 16.0. The molecule has 2 amide bonds. The Labute approximate surface area is 115 Å². The van der Waals surface area contributed by atoms with Crippen LogP contribution in [0.4, 0.5) is 21.9 Å². The number of nitrogens with zero attached hydrogens (tertiary/aromatic N) is 2. The van der Waals surface area contributed by atoms with E-state index in [4.69, 9.17) is 10.4 Å². The first-order valence-electron chi connectivity index (χ1n) is 5.65. The fourth-order valence-corrected chi connectivity index (χ4v) is 1.39. The smallest absolute Gasteiger partial charge is 0.319 e. The van der Waals surface area contributed by atoms with Crippen LogP contribution in [0.3, 0.4) is 0 Å². The normalized spacial score (nSPS) is 10.9. The third-order valence-corrected chi connectivity index (χ3v) is 2.09. The zero-order valence-corrected chi connectivity index (χ0v) is 11.2. The van der Waals surface area contributed by atoms with Crippen LogP contribution in [0.15, 0.2) is 18.2 Å². The highest BCUT2D eigenvalue weighted by atomic mass is 16.8. The molecule has 112 valence electrons. The fourth-order valence-electron chi connectivity index (χ4n) is 1.39. The standard InChI is InChI=1S/C11H16N4O5/c1-11(2,3)13-10(16)12-7-4-8(14(17)18)6-9(5-7)15(19)20/h4-6,17-18H,1-3H3,(H2,12,13,16)/q-2. The molecule has 0 aliphatic heterocycles. The van der Waals surface area contributed by atoms with Crippen LogP contribution in [0.1, 0.15) is 20.8 Å². The van der Waals surface area contributed by atoms with Gasteiger partial charge in [-0.3, -0.25) is 10.4 Å². The van der Waals surface area contributed by atoms with Gasteiger partial charge in [0.1, 0.15) is 0 Å². The van der Waals surface area contributed by atoms with Crippen molar-refractivity contribution in [1.82, 2.24) is 5.32 Å². The van der Waals surface area contributed by atoms with Crippen LogP contribution >= 0.6 is 0 Å². The molecule has 0 unspecified atom stereocenters. The second-order valence-electron chi connectivity index (χ2n) is 5.11. The van der Waals surface area contributed by atoms with Crippen molar-refractivity contribution in [3.8, 4) is 0 Å². The highest BCUT2D eigenvalue weighted by molar-refractivity contribution is 5.91. The largest absolute Gasteiger partial charge is 0.769 e. The van der Waals surface area contributed by atoms with Gasteiger partial charge in [0.2, 0.25) is 0 Å². The van der Waals surface area contributed by atoms with E-state index in [0.717, 1.165) is 12.1 Å². The summed E-state index contributed by atoms with van der Waals surface area (Å²) in [6.45, 7) is 5.32. The molecule has 0 bridgehead atoms. The lowest BCUT2D eigenvalue weighted by Crippen LogP contribution is -2.43. The van der Waals surface area contributed by atoms with E-state index in [0.29, 0.717) is 0 Å². The molecule has 0 aliphatic rings. The highest BCUT2D eigenvalue weighted by Crippen LogP contribution is 2.26. The summed E-state index contributed by atoms with van der Waals surface area (Å²) in [6, 6.07) is 2.67. The lowest BCUT2D eigenvalue weighted by atomic mass is 10.1. The van der Waals surface area contributed by atoms with Gasteiger partial charge < -0.3 is 26.3 Å². The van der Waals surface area contributed by atoms with E-state index in [1.165, 1.54) is 6.07 Å². The summed E-state index contributed by atoms with van der Waals surface area (Å²) < 4.78 is 0. The number of nitrogens with one attached hydrogen (secondary N) is 2. The van der Waals surface area contributed by atoms with E-state index in [1.54, 1.807) is 20.8 Å². The first-order valence-corrected chi connectivity index (χ1v) is 5.65. The summed E-state index contributed by atoms with van der Waals surface area (Å²) in [7, 11) is 0. The Hall–Kier alpha value is -2.07. The molecule has 0 heterocycles. The van der Waals surface area contributed by atoms with Gasteiger partial charge in [-0.05, 0) is 39.0 Å². The van der Waals surface area contributed by atoms with E-state index in [1.807, 2.05) is 0 Å². The minimum absolute atomic E-state index is 0.0593. The van der Waals surface area contributed by atoms with Crippen molar-refractivity contribution >= 4 is 23.1 Å². The summed E-state index contributed by atoms with van der Waals surface area (Å²) in [4.78, 5) is 11.7. The molecule has 0 atom stereocenters. The molecule has 0 saturated heterocycles. The van der Waals surface area contributed by atoms with Gasteiger partial charge in [0, 0.05) is 16.9 Å². The maximum Gasteiger partial charge on any atom is 0.319 e.